The number of halogens is 1. The van der Waals surface area contributed by atoms with Crippen LogP contribution in [0, 0.1) is 13.8 Å². The van der Waals surface area contributed by atoms with E-state index in [-0.39, 0.29) is 11.8 Å². The Bertz CT molecular complexity index is 1500. The molecule has 4 heterocycles. The Morgan fingerprint density at radius 2 is 1.77 bits per heavy atom. The molecule has 35 heavy (non-hydrogen) atoms. The molecule has 0 aliphatic carbocycles. The van der Waals surface area contributed by atoms with Gasteiger partial charge in [0.15, 0.2) is 5.66 Å². The van der Waals surface area contributed by atoms with Crippen molar-refractivity contribution in [3.05, 3.63) is 112 Å². The van der Waals surface area contributed by atoms with Crippen molar-refractivity contribution in [1.82, 2.24) is 24.6 Å². The predicted octanol–water partition coefficient (Wildman–Crippen LogP) is 4.35. The van der Waals surface area contributed by atoms with Crippen molar-refractivity contribution in [2.45, 2.75) is 19.5 Å². The van der Waals surface area contributed by atoms with Crippen LogP contribution < -0.4 is 0 Å². The third kappa shape index (κ3) is 2.91. The molecule has 0 bridgehead atoms. The minimum absolute atomic E-state index is 0.111. The molecule has 2 aromatic heterocycles. The molecule has 0 N–H and O–H groups in total. The second-order valence-corrected chi connectivity index (χ2v) is 9.29. The summed E-state index contributed by atoms with van der Waals surface area (Å²) in [7, 11) is 0. The molecule has 4 aromatic rings. The fourth-order valence-electron chi connectivity index (χ4n) is 5.42. The van der Waals surface area contributed by atoms with Crippen LogP contribution in [0.1, 0.15) is 43.1 Å². The number of fused-ring (bicyclic) bond motifs is 3. The summed E-state index contributed by atoms with van der Waals surface area (Å²) < 4.78 is 1.79. The van der Waals surface area contributed by atoms with Crippen LogP contribution in [0.4, 0.5) is 0 Å². The van der Waals surface area contributed by atoms with Gasteiger partial charge in [0.1, 0.15) is 0 Å². The van der Waals surface area contributed by atoms with Gasteiger partial charge in [-0.3, -0.25) is 14.6 Å². The highest BCUT2D eigenvalue weighted by molar-refractivity contribution is 6.30. The molecule has 6 rings (SSSR count). The van der Waals surface area contributed by atoms with Gasteiger partial charge in [0.25, 0.3) is 11.8 Å². The number of aryl methyl sites for hydroxylation is 1. The molecule has 0 spiro atoms. The maximum absolute atomic E-state index is 14.2. The van der Waals surface area contributed by atoms with Gasteiger partial charge in [-0.15, -0.1) is 0 Å². The number of benzene rings is 2. The zero-order valence-electron chi connectivity index (χ0n) is 19.3. The fourth-order valence-corrected chi connectivity index (χ4v) is 5.55. The summed E-state index contributed by atoms with van der Waals surface area (Å²) in [4.78, 5) is 35.5. The van der Waals surface area contributed by atoms with E-state index in [9.17, 15) is 9.59 Å². The number of hydrogen-bond donors (Lipinski definition) is 0. The van der Waals surface area contributed by atoms with Gasteiger partial charge in [0, 0.05) is 41.6 Å². The van der Waals surface area contributed by atoms with E-state index in [0.29, 0.717) is 34.8 Å². The maximum Gasteiger partial charge on any atom is 0.259 e. The van der Waals surface area contributed by atoms with Crippen molar-refractivity contribution < 1.29 is 9.59 Å². The highest BCUT2D eigenvalue weighted by Gasteiger charge is 2.60. The van der Waals surface area contributed by atoms with Crippen LogP contribution in [-0.4, -0.2) is 49.5 Å². The Balaban J connectivity index is 1.52. The molecule has 7 nitrogen and oxygen atoms in total. The Kier molecular flexibility index (Phi) is 4.79. The number of aromatic nitrogens is 3. The standard InChI is InChI=1S/C27H22ClN5O2/c1-17-5-3-4-6-24(17)33-18(2)22(15-30-33)26(35)32-14-13-31-25(34)21-11-12-29-16-23(21)27(31,32)19-7-9-20(28)10-8-19/h3-12,15-16H,13-14H2,1-2H3. The first-order chi connectivity index (χ1) is 16.9. The number of amides is 2. The van der Waals surface area contributed by atoms with E-state index in [1.807, 2.05) is 50.2 Å². The lowest BCUT2D eigenvalue weighted by molar-refractivity contribution is 0.0374. The van der Waals surface area contributed by atoms with Crippen molar-refractivity contribution in [2.75, 3.05) is 13.1 Å². The molecular weight excluding hydrogens is 462 g/mol. The molecule has 0 radical (unpaired) electrons. The van der Waals surface area contributed by atoms with E-state index in [4.69, 9.17) is 11.6 Å². The van der Waals surface area contributed by atoms with Crippen molar-refractivity contribution >= 4 is 23.4 Å². The maximum atomic E-state index is 14.2. The minimum atomic E-state index is -1.10. The molecule has 2 amide bonds. The first-order valence-electron chi connectivity index (χ1n) is 11.4. The van der Waals surface area contributed by atoms with Crippen LogP contribution in [0.25, 0.3) is 5.69 Å². The van der Waals surface area contributed by atoms with Gasteiger partial charge in [0.05, 0.1) is 28.7 Å². The summed E-state index contributed by atoms with van der Waals surface area (Å²) in [5.41, 5.74) is 4.16. The van der Waals surface area contributed by atoms with Crippen molar-refractivity contribution in [1.29, 1.82) is 0 Å². The average Bonchev–Trinajstić information content (AvgIpc) is 3.52. The van der Waals surface area contributed by atoms with E-state index in [0.717, 1.165) is 22.5 Å². The minimum Gasteiger partial charge on any atom is -0.306 e. The lowest BCUT2D eigenvalue weighted by Gasteiger charge is -2.40. The second-order valence-electron chi connectivity index (χ2n) is 8.86. The Hall–Kier alpha value is -3.97. The summed E-state index contributed by atoms with van der Waals surface area (Å²) in [5.74, 6) is -0.302. The normalized spacial score (nSPS) is 18.7. The summed E-state index contributed by atoms with van der Waals surface area (Å²) in [5, 5.41) is 5.13. The van der Waals surface area contributed by atoms with Crippen molar-refractivity contribution in [2.24, 2.45) is 0 Å². The molecule has 1 atom stereocenters. The number of nitrogens with zero attached hydrogens (tertiary/aromatic N) is 5. The van der Waals surface area contributed by atoms with Gasteiger partial charge in [-0.05, 0) is 43.7 Å². The van der Waals surface area contributed by atoms with E-state index in [1.165, 1.54) is 0 Å². The highest BCUT2D eigenvalue weighted by atomic mass is 35.5. The van der Waals surface area contributed by atoms with Crippen LogP contribution in [0.2, 0.25) is 5.02 Å². The summed E-state index contributed by atoms with van der Waals surface area (Å²) in [6.07, 6.45) is 4.91. The molecule has 8 heteroatoms. The zero-order chi connectivity index (χ0) is 24.3. The quantitative estimate of drug-likeness (QED) is 0.434. The second kappa shape index (κ2) is 7.78. The monoisotopic (exact) mass is 483 g/mol. The van der Waals surface area contributed by atoms with Gasteiger partial charge < -0.3 is 9.80 Å². The van der Waals surface area contributed by atoms with Crippen molar-refractivity contribution in [3.8, 4) is 5.69 Å². The van der Waals surface area contributed by atoms with Crippen molar-refractivity contribution in [3.63, 3.8) is 0 Å². The molecule has 0 saturated carbocycles. The van der Waals surface area contributed by atoms with Gasteiger partial charge >= 0.3 is 0 Å². The molecule has 1 fully saturated rings. The average molecular weight is 484 g/mol. The number of pyridine rings is 1. The number of rotatable bonds is 3. The van der Waals surface area contributed by atoms with E-state index < -0.39 is 5.66 Å². The van der Waals surface area contributed by atoms with Crippen LogP contribution in [0.15, 0.2) is 73.2 Å². The Morgan fingerprint density at radius 3 is 2.54 bits per heavy atom. The molecule has 2 aliphatic heterocycles. The van der Waals surface area contributed by atoms with E-state index >= 15 is 0 Å². The first kappa shape index (κ1) is 21.6. The highest BCUT2D eigenvalue weighted by Crippen LogP contribution is 2.50. The van der Waals surface area contributed by atoms with E-state index in [1.54, 1.807) is 51.3 Å². The summed E-state index contributed by atoms with van der Waals surface area (Å²) in [6, 6.07) is 17.0. The largest absolute Gasteiger partial charge is 0.306 e. The lowest BCUT2D eigenvalue weighted by atomic mass is 9.90. The number of para-hydroxylation sites is 1. The predicted molar refractivity (Wildman–Crippen MR) is 132 cm³/mol. The third-order valence-corrected chi connectivity index (χ3v) is 7.33. The van der Waals surface area contributed by atoms with Gasteiger partial charge in [-0.1, -0.05) is 41.9 Å². The van der Waals surface area contributed by atoms with Crippen LogP contribution >= 0.6 is 11.6 Å². The molecule has 1 saturated heterocycles. The van der Waals surface area contributed by atoms with Crippen LogP contribution in [0.3, 0.4) is 0 Å². The number of carbonyl (C=O) groups is 2. The zero-order valence-corrected chi connectivity index (χ0v) is 20.0. The van der Waals surface area contributed by atoms with Gasteiger partial charge in [-0.25, -0.2) is 4.68 Å². The van der Waals surface area contributed by atoms with E-state index in [2.05, 4.69) is 10.1 Å². The smallest absolute Gasteiger partial charge is 0.259 e. The van der Waals surface area contributed by atoms with Gasteiger partial charge in [-0.2, -0.15) is 5.10 Å². The lowest BCUT2D eigenvalue weighted by Crippen LogP contribution is -2.51. The van der Waals surface area contributed by atoms with Crippen LogP contribution in [0.5, 0.6) is 0 Å². The summed E-state index contributed by atoms with van der Waals surface area (Å²) in [6.45, 7) is 4.70. The SMILES string of the molecule is Cc1ccccc1-n1ncc(C(=O)N2CCN3C(=O)c4ccncc4C32c2ccc(Cl)cc2)c1C. The molecule has 2 aliphatic rings. The Labute approximate surface area is 207 Å². The molecule has 2 aromatic carbocycles. The molecule has 174 valence electrons. The molecular formula is C27H22ClN5O2. The number of hydrogen-bond acceptors (Lipinski definition) is 4. The molecule has 1 unspecified atom stereocenters. The summed E-state index contributed by atoms with van der Waals surface area (Å²) >= 11 is 6.19. The van der Waals surface area contributed by atoms with Gasteiger partial charge in [0.2, 0.25) is 0 Å². The first-order valence-corrected chi connectivity index (χ1v) is 11.8. The Morgan fingerprint density at radius 1 is 1.00 bits per heavy atom. The third-order valence-electron chi connectivity index (χ3n) is 7.08. The van der Waals surface area contributed by atoms with Crippen LogP contribution in [-0.2, 0) is 5.66 Å². The fraction of sp³-hybridized carbons (Fsp3) is 0.185. The number of carbonyl (C=O) groups excluding carboxylic acids is 2. The topological polar surface area (TPSA) is 71.3 Å².